The Kier molecular flexibility index (Phi) is 5.83. The molecule has 0 spiro atoms. The van der Waals surface area contributed by atoms with Gasteiger partial charge in [0.15, 0.2) is 0 Å². The summed E-state index contributed by atoms with van der Waals surface area (Å²) in [5.74, 6) is -3.09. The van der Waals surface area contributed by atoms with Gasteiger partial charge in [-0.1, -0.05) is 19.1 Å². The molecular weight excluding hydrogens is 279 g/mol. The number of nitrogens with one attached hydrogen (secondary N) is 1. The van der Waals surface area contributed by atoms with Gasteiger partial charge in [0.2, 0.25) is 5.91 Å². The SMILES string of the molecule is CCC(C(=O)O)N(C)C(=O)CNC(=O)c1ccccc1F. The van der Waals surface area contributed by atoms with E-state index in [9.17, 15) is 18.8 Å². The van der Waals surface area contributed by atoms with Crippen molar-refractivity contribution in [3.05, 3.63) is 35.6 Å². The highest BCUT2D eigenvalue weighted by molar-refractivity contribution is 5.97. The van der Waals surface area contributed by atoms with Gasteiger partial charge in [0.05, 0.1) is 12.1 Å². The van der Waals surface area contributed by atoms with Gasteiger partial charge in [-0.05, 0) is 18.6 Å². The van der Waals surface area contributed by atoms with E-state index >= 15 is 0 Å². The van der Waals surface area contributed by atoms with Crippen LogP contribution in [-0.4, -0.2) is 47.4 Å². The molecule has 21 heavy (non-hydrogen) atoms. The maximum atomic E-state index is 13.4. The lowest BCUT2D eigenvalue weighted by atomic mass is 10.2. The van der Waals surface area contributed by atoms with Crippen LogP contribution in [0.3, 0.4) is 0 Å². The Hall–Kier alpha value is -2.44. The number of halogens is 1. The lowest BCUT2D eigenvalue weighted by Gasteiger charge is -2.23. The molecule has 2 amide bonds. The minimum Gasteiger partial charge on any atom is -0.480 e. The van der Waals surface area contributed by atoms with E-state index in [0.29, 0.717) is 0 Å². The van der Waals surface area contributed by atoms with E-state index in [-0.39, 0.29) is 12.0 Å². The molecule has 0 fully saturated rings. The number of rotatable bonds is 6. The minimum absolute atomic E-state index is 0.168. The molecule has 1 unspecified atom stereocenters. The zero-order chi connectivity index (χ0) is 16.0. The summed E-state index contributed by atoms with van der Waals surface area (Å²) in [7, 11) is 1.35. The van der Waals surface area contributed by atoms with Gasteiger partial charge in [-0.15, -0.1) is 0 Å². The molecule has 0 saturated carbocycles. The van der Waals surface area contributed by atoms with E-state index in [1.54, 1.807) is 6.92 Å². The molecule has 0 aromatic heterocycles. The fraction of sp³-hybridized carbons (Fsp3) is 0.357. The zero-order valence-corrected chi connectivity index (χ0v) is 11.8. The van der Waals surface area contributed by atoms with E-state index in [4.69, 9.17) is 5.11 Å². The molecule has 1 rings (SSSR count). The van der Waals surface area contributed by atoms with Crippen LogP contribution in [0.15, 0.2) is 24.3 Å². The molecule has 0 aliphatic heterocycles. The standard InChI is InChI=1S/C14H17FN2O4/c1-3-11(14(20)21)17(2)12(18)8-16-13(19)9-6-4-5-7-10(9)15/h4-7,11H,3,8H2,1-2H3,(H,16,19)(H,20,21). The molecule has 1 atom stereocenters. The monoisotopic (exact) mass is 296 g/mol. The molecule has 0 bridgehead atoms. The fourth-order valence-corrected chi connectivity index (χ4v) is 1.81. The molecule has 1 aromatic carbocycles. The third kappa shape index (κ3) is 4.27. The average molecular weight is 296 g/mol. The van der Waals surface area contributed by atoms with E-state index in [0.717, 1.165) is 11.0 Å². The molecular formula is C14H17FN2O4. The van der Waals surface area contributed by atoms with Gasteiger partial charge in [-0.2, -0.15) is 0 Å². The van der Waals surface area contributed by atoms with Crippen LogP contribution in [0.5, 0.6) is 0 Å². The largest absolute Gasteiger partial charge is 0.480 e. The Balaban J connectivity index is 2.63. The van der Waals surface area contributed by atoms with Gasteiger partial charge in [-0.25, -0.2) is 9.18 Å². The van der Waals surface area contributed by atoms with Crippen molar-refractivity contribution >= 4 is 17.8 Å². The van der Waals surface area contributed by atoms with Crippen LogP contribution in [0.4, 0.5) is 4.39 Å². The summed E-state index contributed by atoms with van der Waals surface area (Å²) in [5, 5.41) is 11.2. The number of hydrogen-bond acceptors (Lipinski definition) is 3. The third-order valence-electron chi connectivity index (χ3n) is 3.05. The van der Waals surface area contributed by atoms with E-state index in [2.05, 4.69) is 5.32 Å². The van der Waals surface area contributed by atoms with Gasteiger partial charge >= 0.3 is 5.97 Å². The molecule has 0 saturated heterocycles. The van der Waals surface area contributed by atoms with Crippen LogP contribution in [0.1, 0.15) is 23.7 Å². The van der Waals surface area contributed by atoms with Crippen molar-refractivity contribution in [3.63, 3.8) is 0 Å². The summed E-state index contributed by atoms with van der Waals surface area (Å²) in [5.41, 5.74) is -0.168. The number of amides is 2. The number of aliphatic carboxylic acids is 1. The number of nitrogens with zero attached hydrogens (tertiary/aromatic N) is 1. The van der Waals surface area contributed by atoms with E-state index in [1.165, 1.54) is 25.2 Å². The predicted octanol–water partition coefficient (Wildman–Crippen LogP) is 0.877. The second kappa shape index (κ2) is 7.37. The molecule has 6 nitrogen and oxygen atoms in total. The van der Waals surface area contributed by atoms with Crippen LogP contribution in [0, 0.1) is 5.82 Å². The lowest BCUT2D eigenvalue weighted by molar-refractivity contribution is -0.148. The maximum Gasteiger partial charge on any atom is 0.326 e. The van der Waals surface area contributed by atoms with Gasteiger partial charge in [-0.3, -0.25) is 9.59 Å². The minimum atomic E-state index is -1.12. The van der Waals surface area contributed by atoms with Gasteiger partial charge in [0.1, 0.15) is 11.9 Å². The third-order valence-corrected chi connectivity index (χ3v) is 3.05. The normalized spacial score (nSPS) is 11.6. The van der Waals surface area contributed by atoms with Gasteiger partial charge in [0, 0.05) is 7.05 Å². The molecule has 7 heteroatoms. The van der Waals surface area contributed by atoms with Crippen molar-refractivity contribution in [2.24, 2.45) is 0 Å². The second-order valence-electron chi connectivity index (χ2n) is 4.43. The van der Waals surface area contributed by atoms with E-state index in [1.807, 2.05) is 0 Å². The Bertz CT molecular complexity index is 548. The molecule has 0 aliphatic carbocycles. The molecule has 0 aliphatic rings. The van der Waals surface area contributed by atoms with E-state index < -0.39 is 36.2 Å². The van der Waals surface area contributed by atoms with Crippen molar-refractivity contribution in [1.82, 2.24) is 10.2 Å². The highest BCUT2D eigenvalue weighted by Gasteiger charge is 2.24. The summed E-state index contributed by atoms with van der Waals surface area (Å²) >= 11 is 0. The van der Waals surface area contributed by atoms with Gasteiger partial charge in [0.25, 0.3) is 5.91 Å². The fourth-order valence-electron chi connectivity index (χ4n) is 1.81. The van der Waals surface area contributed by atoms with Crippen LogP contribution in [0.25, 0.3) is 0 Å². The maximum absolute atomic E-state index is 13.4. The zero-order valence-electron chi connectivity index (χ0n) is 11.8. The van der Waals surface area contributed by atoms with Crippen molar-refractivity contribution < 1.29 is 23.9 Å². The number of likely N-dealkylation sites (N-methyl/N-ethyl adjacent to an activating group) is 1. The summed E-state index contributed by atoms with van der Waals surface area (Å²) in [6.07, 6.45) is 0.249. The Morgan fingerprint density at radius 3 is 2.48 bits per heavy atom. The predicted molar refractivity (Wildman–Crippen MR) is 73.2 cm³/mol. The van der Waals surface area contributed by atoms with Crippen molar-refractivity contribution in [2.75, 3.05) is 13.6 Å². The molecule has 114 valence electrons. The number of carboxylic acids is 1. The Labute approximate surface area is 121 Å². The van der Waals surface area contributed by atoms with Crippen molar-refractivity contribution in [3.8, 4) is 0 Å². The average Bonchev–Trinajstić information content (AvgIpc) is 2.45. The highest BCUT2D eigenvalue weighted by atomic mass is 19.1. The number of carbonyl (C=O) groups excluding carboxylic acids is 2. The summed E-state index contributed by atoms with van der Waals surface area (Å²) in [6, 6.07) is 4.43. The van der Waals surface area contributed by atoms with Crippen LogP contribution >= 0.6 is 0 Å². The van der Waals surface area contributed by atoms with Crippen molar-refractivity contribution in [1.29, 1.82) is 0 Å². The first-order chi connectivity index (χ1) is 9.88. The topological polar surface area (TPSA) is 86.7 Å². The smallest absolute Gasteiger partial charge is 0.326 e. The molecule has 2 N–H and O–H groups in total. The first-order valence-corrected chi connectivity index (χ1v) is 6.39. The first kappa shape index (κ1) is 16.6. The molecule has 0 radical (unpaired) electrons. The molecule has 1 aromatic rings. The van der Waals surface area contributed by atoms with Crippen LogP contribution < -0.4 is 5.32 Å². The Morgan fingerprint density at radius 2 is 1.95 bits per heavy atom. The summed E-state index contributed by atoms with van der Waals surface area (Å²) in [4.78, 5) is 35.5. The van der Waals surface area contributed by atoms with Crippen LogP contribution in [0.2, 0.25) is 0 Å². The number of hydrogen-bond donors (Lipinski definition) is 2. The number of benzene rings is 1. The molecule has 0 heterocycles. The lowest BCUT2D eigenvalue weighted by Crippen LogP contribution is -2.46. The van der Waals surface area contributed by atoms with Crippen LogP contribution in [-0.2, 0) is 9.59 Å². The highest BCUT2D eigenvalue weighted by Crippen LogP contribution is 2.06. The van der Waals surface area contributed by atoms with Crippen molar-refractivity contribution in [2.45, 2.75) is 19.4 Å². The quantitative estimate of drug-likeness (QED) is 0.815. The summed E-state index contributed by atoms with van der Waals surface area (Å²) in [6.45, 7) is 1.24. The first-order valence-electron chi connectivity index (χ1n) is 6.39. The summed E-state index contributed by atoms with van der Waals surface area (Å²) < 4.78 is 13.4. The second-order valence-corrected chi connectivity index (χ2v) is 4.43. The Morgan fingerprint density at radius 1 is 1.33 bits per heavy atom. The number of carboxylic acid groups (broad SMARTS) is 1. The number of carbonyl (C=O) groups is 3. The van der Waals surface area contributed by atoms with Gasteiger partial charge < -0.3 is 15.3 Å².